The van der Waals surface area contributed by atoms with Crippen LogP contribution in [0.15, 0.2) is 18.3 Å². The number of hydrogen-bond donors (Lipinski definition) is 1. The molecule has 1 aliphatic rings. The Morgan fingerprint density at radius 1 is 1.52 bits per heavy atom. The van der Waals surface area contributed by atoms with Gasteiger partial charge in [0.2, 0.25) is 0 Å². The number of carbonyl (C=O) groups excluding carboxylic acids is 1. The van der Waals surface area contributed by atoms with Gasteiger partial charge in [-0.2, -0.15) is 0 Å². The molecule has 2 N–H and O–H groups in total. The maximum absolute atomic E-state index is 12.5. The number of nitrogens with two attached hydrogens (primary N) is 1. The van der Waals surface area contributed by atoms with Crippen molar-refractivity contribution in [3.05, 3.63) is 24.0 Å². The minimum absolute atomic E-state index is 0. The summed E-state index contributed by atoms with van der Waals surface area (Å²) in [6, 6.07) is 3.55. The lowest BCUT2D eigenvalue weighted by molar-refractivity contribution is 0.0766. The highest BCUT2D eigenvalue weighted by Crippen LogP contribution is 2.30. The van der Waals surface area contributed by atoms with Gasteiger partial charge in [0.15, 0.2) is 11.4 Å². The van der Waals surface area contributed by atoms with E-state index in [-0.39, 0.29) is 36.1 Å². The second kappa shape index (κ2) is 8.41. The molecule has 0 saturated carbocycles. The molecule has 2 heterocycles. The Morgan fingerprint density at radius 3 is 2.81 bits per heavy atom. The van der Waals surface area contributed by atoms with Gasteiger partial charge in [-0.1, -0.05) is 6.92 Å². The van der Waals surface area contributed by atoms with E-state index in [1.807, 2.05) is 11.8 Å². The summed E-state index contributed by atoms with van der Waals surface area (Å²) in [5, 5.41) is 0. The molecular weight excluding hydrogens is 313 g/mol. The first kappa shape index (κ1) is 20.0. The van der Waals surface area contributed by atoms with Gasteiger partial charge in [0.25, 0.3) is 5.91 Å². The first-order valence-corrected chi connectivity index (χ1v) is 6.67. The van der Waals surface area contributed by atoms with Crippen molar-refractivity contribution < 1.29 is 9.53 Å². The molecule has 1 aromatic heterocycles. The van der Waals surface area contributed by atoms with Crippen LogP contribution in [0.3, 0.4) is 0 Å². The smallest absolute Gasteiger partial charge is 0.276 e. The van der Waals surface area contributed by atoms with E-state index in [1.54, 1.807) is 18.3 Å². The quantitative estimate of drug-likeness (QED) is 0.915. The van der Waals surface area contributed by atoms with E-state index in [0.717, 1.165) is 13.0 Å². The molecule has 1 unspecified atom stereocenters. The Labute approximate surface area is 138 Å². The first-order chi connectivity index (χ1) is 9.09. The molecule has 0 radical (unpaired) electrons. The van der Waals surface area contributed by atoms with Crippen molar-refractivity contribution in [2.24, 2.45) is 11.1 Å². The molecule has 7 heteroatoms. The summed E-state index contributed by atoms with van der Waals surface area (Å²) in [6.07, 6.45) is 2.56. The van der Waals surface area contributed by atoms with Crippen LogP contribution in [0.4, 0.5) is 0 Å². The highest BCUT2D eigenvalue weighted by Gasteiger charge is 2.36. The van der Waals surface area contributed by atoms with Gasteiger partial charge >= 0.3 is 0 Å². The minimum Gasteiger partial charge on any atom is -0.491 e. The van der Waals surface area contributed by atoms with Crippen LogP contribution in [0, 0.1) is 5.41 Å². The molecule has 0 aromatic carbocycles. The Hall–Kier alpha value is -1.04. The lowest BCUT2D eigenvalue weighted by Crippen LogP contribution is -2.35. The summed E-state index contributed by atoms with van der Waals surface area (Å²) in [4.78, 5) is 18.5. The van der Waals surface area contributed by atoms with Crippen molar-refractivity contribution in [2.45, 2.75) is 20.3 Å². The zero-order valence-corrected chi connectivity index (χ0v) is 14.0. The SMILES string of the molecule is CCOc1cccnc1C(=O)N1CCC(C)(CN)C1.Cl.Cl. The first-order valence-electron chi connectivity index (χ1n) is 6.67. The number of nitrogens with zero attached hydrogens (tertiary/aromatic N) is 2. The van der Waals surface area contributed by atoms with Gasteiger partial charge in [-0.15, -0.1) is 24.8 Å². The lowest BCUT2D eigenvalue weighted by atomic mass is 9.90. The van der Waals surface area contributed by atoms with Crippen LogP contribution >= 0.6 is 24.8 Å². The molecule has 1 amide bonds. The predicted molar refractivity (Wildman–Crippen MR) is 87.6 cm³/mol. The highest BCUT2D eigenvalue weighted by molar-refractivity contribution is 5.95. The molecule has 21 heavy (non-hydrogen) atoms. The van der Waals surface area contributed by atoms with Gasteiger partial charge in [-0.05, 0) is 37.4 Å². The third-order valence-electron chi connectivity index (χ3n) is 3.61. The fourth-order valence-electron chi connectivity index (χ4n) is 2.34. The van der Waals surface area contributed by atoms with Gasteiger partial charge in [0.1, 0.15) is 0 Å². The second-order valence-electron chi connectivity index (χ2n) is 5.27. The molecule has 0 bridgehead atoms. The molecule has 1 aliphatic heterocycles. The molecule has 0 spiro atoms. The van der Waals surface area contributed by atoms with Gasteiger partial charge in [0, 0.05) is 19.3 Å². The van der Waals surface area contributed by atoms with Crippen LogP contribution in [0.25, 0.3) is 0 Å². The number of amides is 1. The predicted octanol–water partition coefficient (Wildman–Crippen LogP) is 2.13. The Morgan fingerprint density at radius 2 is 2.24 bits per heavy atom. The zero-order valence-electron chi connectivity index (χ0n) is 12.4. The number of aromatic nitrogens is 1. The van der Waals surface area contributed by atoms with Crippen molar-refractivity contribution >= 4 is 30.7 Å². The molecule has 0 aliphatic carbocycles. The summed E-state index contributed by atoms with van der Waals surface area (Å²) in [7, 11) is 0. The zero-order chi connectivity index (χ0) is 13.9. The van der Waals surface area contributed by atoms with Gasteiger partial charge in [-0.3, -0.25) is 4.79 Å². The fraction of sp³-hybridized carbons (Fsp3) is 0.571. The van der Waals surface area contributed by atoms with Crippen molar-refractivity contribution in [2.75, 3.05) is 26.2 Å². The van der Waals surface area contributed by atoms with Crippen LogP contribution in [-0.4, -0.2) is 42.0 Å². The number of hydrogen-bond acceptors (Lipinski definition) is 4. The summed E-state index contributed by atoms with van der Waals surface area (Å²) >= 11 is 0. The van der Waals surface area contributed by atoms with Crippen molar-refractivity contribution in [1.82, 2.24) is 9.88 Å². The standard InChI is InChI=1S/C14H21N3O2.2ClH/c1-3-19-11-5-4-7-16-12(11)13(18)17-8-6-14(2,9-15)10-17;;/h4-5,7H,3,6,8-10,15H2,1-2H3;2*1H. The van der Waals surface area contributed by atoms with Gasteiger partial charge < -0.3 is 15.4 Å². The molecule has 1 fully saturated rings. The van der Waals surface area contributed by atoms with Crippen LogP contribution < -0.4 is 10.5 Å². The molecule has 1 atom stereocenters. The number of carbonyl (C=O) groups is 1. The monoisotopic (exact) mass is 335 g/mol. The Balaban J connectivity index is 0.00000200. The normalized spacial score (nSPS) is 20.4. The third-order valence-corrected chi connectivity index (χ3v) is 3.61. The van der Waals surface area contributed by atoms with Crippen LogP contribution in [-0.2, 0) is 0 Å². The number of pyridine rings is 1. The number of ether oxygens (including phenoxy) is 1. The van der Waals surface area contributed by atoms with E-state index in [4.69, 9.17) is 10.5 Å². The minimum atomic E-state index is -0.0683. The maximum Gasteiger partial charge on any atom is 0.276 e. The average molecular weight is 336 g/mol. The largest absolute Gasteiger partial charge is 0.491 e. The highest BCUT2D eigenvalue weighted by atomic mass is 35.5. The average Bonchev–Trinajstić information content (AvgIpc) is 2.83. The van der Waals surface area contributed by atoms with Crippen LogP contribution in [0.2, 0.25) is 0 Å². The molecule has 120 valence electrons. The molecule has 1 saturated heterocycles. The van der Waals surface area contributed by atoms with Gasteiger partial charge in [-0.25, -0.2) is 4.98 Å². The van der Waals surface area contributed by atoms with Crippen LogP contribution in [0.5, 0.6) is 5.75 Å². The number of rotatable bonds is 4. The Bertz CT molecular complexity index is 473. The third kappa shape index (κ3) is 4.46. The molecule has 5 nitrogen and oxygen atoms in total. The Kier molecular flexibility index (Phi) is 8.00. The molecule has 1 aromatic rings. The summed E-state index contributed by atoms with van der Waals surface area (Å²) in [6.45, 7) is 6.54. The summed E-state index contributed by atoms with van der Waals surface area (Å²) < 4.78 is 5.46. The van der Waals surface area contributed by atoms with Crippen LogP contribution in [0.1, 0.15) is 30.8 Å². The molecular formula is C14H23Cl2N3O2. The van der Waals surface area contributed by atoms with E-state index in [1.165, 1.54) is 0 Å². The van der Waals surface area contributed by atoms with E-state index >= 15 is 0 Å². The van der Waals surface area contributed by atoms with Crippen molar-refractivity contribution in [3.8, 4) is 5.75 Å². The van der Waals surface area contributed by atoms with Crippen molar-refractivity contribution in [3.63, 3.8) is 0 Å². The maximum atomic E-state index is 12.5. The van der Waals surface area contributed by atoms with E-state index in [0.29, 0.717) is 31.1 Å². The van der Waals surface area contributed by atoms with E-state index in [2.05, 4.69) is 11.9 Å². The number of halogens is 2. The van der Waals surface area contributed by atoms with E-state index < -0.39 is 0 Å². The fourth-order valence-corrected chi connectivity index (χ4v) is 2.34. The van der Waals surface area contributed by atoms with Crippen molar-refractivity contribution in [1.29, 1.82) is 0 Å². The topological polar surface area (TPSA) is 68.5 Å². The second-order valence-corrected chi connectivity index (χ2v) is 5.27. The molecule has 2 rings (SSSR count). The summed E-state index contributed by atoms with van der Waals surface area (Å²) in [5.41, 5.74) is 6.19. The van der Waals surface area contributed by atoms with E-state index in [9.17, 15) is 4.79 Å². The lowest BCUT2D eigenvalue weighted by Gasteiger charge is -2.22. The number of likely N-dealkylation sites (tertiary alicyclic amines) is 1. The van der Waals surface area contributed by atoms with Gasteiger partial charge in [0.05, 0.1) is 6.61 Å². The summed E-state index contributed by atoms with van der Waals surface area (Å²) in [5.74, 6) is 0.484.